The van der Waals surface area contributed by atoms with Crippen molar-refractivity contribution in [2.75, 3.05) is 12.9 Å². The molecule has 1 aliphatic heterocycles. The lowest BCUT2D eigenvalue weighted by Crippen LogP contribution is -2.33. The highest BCUT2D eigenvalue weighted by atomic mass is 32.2. The van der Waals surface area contributed by atoms with Gasteiger partial charge in [-0.05, 0) is 43.7 Å². The van der Waals surface area contributed by atoms with E-state index in [2.05, 4.69) is 19.2 Å². The minimum absolute atomic E-state index is 0.0331. The van der Waals surface area contributed by atoms with Crippen molar-refractivity contribution in [1.82, 2.24) is 15.3 Å². The lowest BCUT2D eigenvalue weighted by atomic mass is 9.96. The Labute approximate surface area is 192 Å². The summed E-state index contributed by atoms with van der Waals surface area (Å²) in [6.45, 7) is 5.08. The Bertz CT molecular complexity index is 1090. The molecule has 0 fully saturated rings. The van der Waals surface area contributed by atoms with Gasteiger partial charge in [-0.3, -0.25) is 4.79 Å². The van der Waals surface area contributed by atoms with Gasteiger partial charge in [-0.2, -0.15) is 0 Å². The summed E-state index contributed by atoms with van der Waals surface area (Å²) >= 11 is 1.43. The second-order valence-electron chi connectivity index (χ2n) is 8.28. The van der Waals surface area contributed by atoms with Gasteiger partial charge in [0.05, 0.1) is 30.8 Å². The number of nitrogens with zero attached hydrogens (tertiary/aromatic N) is 2. The van der Waals surface area contributed by atoms with Crippen LogP contribution in [-0.4, -0.2) is 34.3 Å². The normalized spacial score (nSPS) is 14.5. The molecule has 7 heteroatoms. The molecule has 0 spiro atoms. The average Bonchev–Trinajstić information content (AvgIpc) is 2.81. The Kier molecular flexibility index (Phi) is 6.77. The summed E-state index contributed by atoms with van der Waals surface area (Å²) in [5.74, 6) is 1.68. The van der Waals surface area contributed by atoms with Crippen LogP contribution in [0, 0.1) is 0 Å². The molecule has 0 bridgehead atoms. The SMILES string of the molecule is COc1ccc(-c2nc3c(c(SCC(=O)NCc4ccccc4)n2)COC(C)(C)C3)cc1. The van der Waals surface area contributed by atoms with Crippen molar-refractivity contribution in [3.05, 3.63) is 71.4 Å². The molecule has 0 radical (unpaired) electrons. The first-order valence-electron chi connectivity index (χ1n) is 10.5. The fraction of sp³-hybridized carbons (Fsp3) is 0.320. The van der Waals surface area contributed by atoms with E-state index in [0.717, 1.165) is 33.2 Å². The number of rotatable bonds is 7. The number of carbonyl (C=O) groups excluding carboxylic acids is 1. The number of methoxy groups -OCH3 is 1. The summed E-state index contributed by atoms with van der Waals surface area (Å²) in [7, 11) is 1.64. The fourth-order valence-electron chi connectivity index (χ4n) is 3.49. The molecule has 0 saturated heterocycles. The van der Waals surface area contributed by atoms with Crippen molar-refractivity contribution >= 4 is 17.7 Å². The van der Waals surface area contributed by atoms with Gasteiger partial charge in [0.15, 0.2) is 5.82 Å². The topological polar surface area (TPSA) is 73.3 Å². The van der Waals surface area contributed by atoms with E-state index >= 15 is 0 Å². The van der Waals surface area contributed by atoms with E-state index in [1.165, 1.54) is 11.8 Å². The summed E-state index contributed by atoms with van der Waals surface area (Å²) in [5.41, 5.74) is 3.65. The van der Waals surface area contributed by atoms with Crippen molar-refractivity contribution in [1.29, 1.82) is 0 Å². The van der Waals surface area contributed by atoms with Gasteiger partial charge in [0.25, 0.3) is 0 Å². The molecule has 32 heavy (non-hydrogen) atoms. The highest BCUT2D eigenvalue weighted by molar-refractivity contribution is 7.99. The molecule has 1 aliphatic rings. The maximum absolute atomic E-state index is 12.5. The third-order valence-corrected chi connectivity index (χ3v) is 6.29. The summed E-state index contributed by atoms with van der Waals surface area (Å²) < 4.78 is 11.3. The Balaban J connectivity index is 1.53. The maximum Gasteiger partial charge on any atom is 0.230 e. The number of benzene rings is 2. The maximum atomic E-state index is 12.5. The van der Waals surface area contributed by atoms with Crippen LogP contribution in [0.15, 0.2) is 59.6 Å². The summed E-state index contributed by atoms with van der Waals surface area (Å²) in [4.78, 5) is 22.1. The van der Waals surface area contributed by atoms with Crippen LogP contribution in [0.2, 0.25) is 0 Å². The first-order valence-corrected chi connectivity index (χ1v) is 11.5. The molecular formula is C25H27N3O3S. The highest BCUT2D eigenvalue weighted by Gasteiger charge is 2.30. The van der Waals surface area contributed by atoms with Gasteiger partial charge in [0.1, 0.15) is 10.8 Å². The zero-order chi connectivity index (χ0) is 22.6. The summed E-state index contributed by atoms with van der Waals surface area (Å²) in [5, 5.41) is 3.77. The number of carbonyl (C=O) groups is 1. The standard InChI is InChI=1S/C25H27N3O3S/c1-25(2)13-21-20(15-31-25)24(28-23(27-21)18-9-11-19(30-3)12-10-18)32-16-22(29)26-14-17-7-5-4-6-8-17/h4-12H,13-16H2,1-3H3,(H,26,29). The van der Waals surface area contributed by atoms with E-state index in [4.69, 9.17) is 19.4 Å². The van der Waals surface area contributed by atoms with Crippen LogP contribution in [0.4, 0.5) is 0 Å². The molecule has 1 amide bonds. The van der Waals surface area contributed by atoms with E-state index < -0.39 is 0 Å². The monoisotopic (exact) mass is 449 g/mol. The molecule has 1 N–H and O–H groups in total. The average molecular weight is 450 g/mol. The van der Waals surface area contributed by atoms with E-state index in [9.17, 15) is 4.79 Å². The van der Waals surface area contributed by atoms with Gasteiger partial charge in [0.2, 0.25) is 5.91 Å². The molecular weight excluding hydrogens is 422 g/mol. The van der Waals surface area contributed by atoms with E-state index in [-0.39, 0.29) is 17.3 Å². The summed E-state index contributed by atoms with van der Waals surface area (Å²) in [6.07, 6.45) is 0.696. The lowest BCUT2D eigenvalue weighted by Gasteiger charge is -2.32. The second-order valence-corrected chi connectivity index (χ2v) is 9.25. The van der Waals surface area contributed by atoms with Crippen LogP contribution in [0.25, 0.3) is 11.4 Å². The van der Waals surface area contributed by atoms with E-state index in [1.54, 1.807) is 7.11 Å². The van der Waals surface area contributed by atoms with Crippen LogP contribution < -0.4 is 10.1 Å². The molecule has 166 valence electrons. The largest absolute Gasteiger partial charge is 0.497 e. The Morgan fingerprint density at radius 3 is 2.59 bits per heavy atom. The van der Waals surface area contributed by atoms with Gasteiger partial charge in [0, 0.05) is 24.1 Å². The van der Waals surface area contributed by atoms with Gasteiger partial charge in [-0.1, -0.05) is 42.1 Å². The minimum atomic E-state index is -0.284. The smallest absolute Gasteiger partial charge is 0.230 e. The lowest BCUT2D eigenvalue weighted by molar-refractivity contribution is -0.118. The first-order chi connectivity index (χ1) is 15.4. The van der Waals surface area contributed by atoms with E-state index in [1.807, 2.05) is 54.6 Å². The number of ether oxygens (including phenoxy) is 2. The number of nitrogens with one attached hydrogen (secondary N) is 1. The van der Waals surface area contributed by atoms with Crippen molar-refractivity contribution in [2.24, 2.45) is 0 Å². The van der Waals surface area contributed by atoms with Crippen molar-refractivity contribution < 1.29 is 14.3 Å². The van der Waals surface area contributed by atoms with Gasteiger partial charge in [-0.15, -0.1) is 0 Å². The quantitative estimate of drug-likeness (QED) is 0.425. The number of thioether (sulfide) groups is 1. The molecule has 0 atom stereocenters. The van der Waals surface area contributed by atoms with Crippen LogP contribution >= 0.6 is 11.8 Å². The number of fused-ring (bicyclic) bond motifs is 1. The minimum Gasteiger partial charge on any atom is -0.497 e. The van der Waals surface area contributed by atoms with Gasteiger partial charge >= 0.3 is 0 Å². The van der Waals surface area contributed by atoms with Crippen LogP contribution in [0.5, 0.6) is 5.75 Å². The Morgan fingerprint density at radius 2 is 1.88 bits per heavy atom. The first kappa shape index (κ1) is 22.3. The third kappa shape index (κ3) is 5.47. The number of aromatic nitrogens is 2. The zero-order valence-electron chi connectivity index (χ0n) is 18.6. The molecule has 2 heterocycles. The van der Waals surface area contributed by atoms with Crippen LogP contribution in [-0.2, 0) is 29.1 Å². The third-order valence-electron chi connectivity index (χ3n) is 5.28. The molecule has 0 unspecified atom stereocenters. The predicted molar refractivity (Wildman–Crippen MR) is 126 cm³/mol. The molecule has 0 saturated carbocycles. The zero-order valence-corrected chi connectivity index (χ0v) is 19.4. The number of amides is 1. The van der Waals surface area contributed by atoms with Crippen LogP contribution in [0.1, 0.15) is 30.7 Å². The number of hydrogen-bond acceptors (Lipinski definition) is 6. The van der Waals surface area contributed by atoms with Crippen molar-refractivity contribution in [3.63, 3.8) is 0 Å². The Hall–Kier alpha value is -2.90. The van der Waals surface area contributed by atoms with E-state index in [0.29, 0.717) is 25.4 Å². The van der Waals surface area contributed by atoms with Gasteiger partial charge in [-0.25, -0.2) is 9.97 Å². The Morgan fingerprint density at radius 1 is 1.12 bits per heavy atom. The molecule has 0 aliphatic carbocycles. The fourth-order valence-corrected chi connectivity index (χ4v) is 4.36. The van der Waals surface area contributed by atoms with Crippen LogP contribution in [0.3, 0.4) is 0 Å². The van der Waals surface area contributed by atoms with Crippen molar-refractivity contribution in [3.8, 4) is 17.1 Å². The molecule has 3 aromatic rings. The second kappa shape index (κ2) is 9.71. The number of hydrogen-bond donors (Lipinski definition) is 1. The summed E-state index contributed by atoms with van der Waals surface area (Å²) in [6, 6.07) is 17.6. The van der Waals surface area contributed by atoms with Crippen molar-refractivity contribution in [2.45, 2.75) is 44.0 Å². The molecule has 6 nitrogen and oxygen atoms in total. The molecule has 1 aromatic heterocycles. The van der Waals surface area contributed by atoms with Gasteiger partial charge < -0.3 is 14.8 Å². The highest BCUT2D eigenvalue weighted by Crippen LogP contribution is 2.34. The predicted octanol–water partition coefficient (Wildman–Crippen LogP) is 4.41. The molecule has 4 rings (SSSR count). The molecule has 2 aromatic carbocycles.